The lowest BCUT2D eigenvalue weighted by Gasteiger charge is -2.36. The number of nitrogens with one attached hydrogen (secondary N) is 2. The number of carbonyl (C=O) groups excluding carboxylic acids is 1. The molecule has 0 spiro atoms. The summed E-state index contributed by atoms with van der Waals surface area (Å²) in [5.41, 5.74) is 2.19. The normalized spacial score (nSPS) is 15.1. The Morgan fingerprint density at radius 1 is 1.03 bits per heavy atom. The van der Waals surface area contributed by atoms with Crippen molar-refractivity contribution < 1.29 is 4.79 Å². The van der Waals surface area contributed by atoms with Crippen LogP contribution in [0.4, 0.5) is 0 Å². The maximum Gasteiger partial charge on any atom is 0.138 e. The highest BCUT2D eigenvalue weighted by atomic mass is 16.1. The summed E-state index contributed by atoms with van der Waals surface area (Å²) < 4.78 is 0. The van der Waals surface area contributed by atoms with Crippen molar-refractivity contribution >= 4 is 5.78 Å². The highest BCUT2D eigenvalue weighted by Crippen LogP contribution is 2.33. The Labute approximate surface area is 187 Å². The molecule has 2 N–H and O–H groups in total. The molecule has 0 aliphatic rings. The van der Waals surface area contributed by atoms with Crippen molar-refractivity contribution in [3.05, 3.63) is 36.7 Å². The van der Waals surface area contributed by atoms with Gasteiger partial charge in [-0.25, -0.2) is 0 Å². The van der Waals surface area contributed by atoms with Crippen LogP contribution in [0.15, 0.2) is 36.7 Å². The lowest BCUT2D eigenvalue weighted by molar-refractivity contribution is -0.126. The Bertz CT molecular complexity index is 589. The number of Topliss-reactive ketones (excluding diaryl/α,β-unsaturated/α-hetero) is 1. The van der Waals surface area contributed by atoms with Crippen LogP contribution >= 0.6 is 0 Å². The van der Waals surface area contributed by atoms with Crippen molar-refractivity contribution in [1.82, 2.24) is 10.6 Å². The standard InChI is InChI=1S/C27H50N2O/c1-13-20(4)17-23(19(2)3)18-21(5)25(27(10,11)12)29-22(6)28-16-14-15-24(30)26(7,8)9/h20,23,25,28-29H,2,5-6,13-18H2,1,3-4,7-12H3/t20-,23?,25?/m0/s1. The van der Waals surface area contributed by atoms with Crippen LogP contribution in [0.3, 0.4) is 0 Å². The summed E-state index contributed by atoms with van der Waals surface area (Å²) in [7, 11) is 0. The minimum absolute atomic E-state index is 0.0138. The molecule has 0 saturated carbocycles. The van der Waals surface area contributed by atoms with E-state index in [0.717, 1.165) is 31.6 Å². The lowest BCUT2D eigenvalue weighted by Crippen LogP contribution is -2.44. The molecule has 0 aromatic carbocycles. The molecule has 0 heterocycles. The average Bonchev–Trinajstić information content (AvgIpc) is 2.60. The van der Waals surface area contributed by atoms with Crippen LogP contribution in [0.1, 0.15) is 94.4 Å². The molecule has 3 nitrogen and oxygen atoms in total. The minimum atomic E-state index is -0.264. The average molecular weight is 419 g/mol. The fraction of sp³-hybridized carbons (Fsp3) is 0.741. The largest absolute Gasteiger partial charge is 0.372 e. The summed E-state index contributed by atoms with van der Waals surface area (Å²) >= 11 is 0. The maximum atomic E-state index is 12.1. The molecule has 0 radical (unpaired) electrons. The van der Waals surface area contributed by atoms with Gasteiger partial charge in [0.05, 0.1) is 11.9 Å². The van der Waals surface area contributed by atoms with Gasteiger partial charge in [-0.2, -0.15) is 0 Å². The van der Waals surface area contributed by atoms with E-state index in [1.54, 1.807) is 0 Å². The van der Waals surface area contributed by atoms with E-state index in [9.17, 15) is 4.79 Å². The van der Waals surface area contributed by atoms with Gasteiger partial charge in [-0.15, -0.1) is 0 Å². The Morgan fingerprint density at radius 2 is 1.60 bits per heavy atom. The molecule has 30 heavy (non-hydrogen) atoms. The third kappa shape index (κ3) is 11.0. The van der Waals surface area contributed by atoms with Crippen LogP contribution in [0.5, 0.6) is 0 Å². The lowest BCUT2D eigenvalue weighted by atomic mass is 9.77. The Balaban J connectivity index is 4.88. The number of carbonyl (C=O) groups is 1. The van der Waals surface area contributed by atoms with Gasteiger partial charge in [-0.1, -0.05) is 92.7 Å². The molecular formula is C27H50N2O. The van der Waals surface area contributed by atoms with E-state index in [-0.39, 0.29) is 16.9 Å². The zero-order valence-electron chi connectivity index (χ0n) is 21.5. The molecule has 3 heteroatoms. The number of ketones is 1. The molecule has 2 unspecified atom stereocenters. The second kappa shape index (κ2) is 12.4. The first-order valence-corrected chi connectivity index (χ1v) is 11.6. The Morgan fingerprint density at radius 3 is 2.03 bits per heavy atom. The molecule has 0 aromatic rings. The van der Waals surface area contributed by atoms with Crippen molar-refractivity contribution in [2.75, 3.05) is 6.54 Å². The minimum Gasteiger partial charge on any atom is -0.372 e. The van der Waals surface area contributed by atoms with E-state index in [4.69, 9.17) is 0 Å². The Hall–Kier alpha value is -1.51. The molecule has 0 rings (SSSR count). The first-order chi connectivity index (χ1) is 13.6. The highest BCUT2D eigenvalue weighted by molar-refractivity contribution is 5.83. The van der Waals surface area contributed by atoms with Gasteiger partial charge in [0.2, 0.25) is 0 Å². The van der Waals surface area contributed by atoms with Gasteiger partial charge < -0.3 is 10.6 Å². The summed E-state index contributed by atoms with van der Waals surface area (Å²) in [6.45, 7) is 32.9. The maximum absolute atomic E-state index is 12.1. The van der Waals surface area contributed by atoms with Gasteiger partial charge in [-0.3, -0.25) is 4.79 Å². The topological polar surface area (TPSA) is 41.1 Å². The predicted molar refractivity (Wildman–Crippen MR) is 133 cm³/mol. The van der Waals surface area contributed by atoms with Crippen molar-refractivity contribution in [2.45, 2.75) is 100 Å². The zero-order chi connectivity index (χ0) is 23.7. The van der Waals surface area contributed by atoms with Crippen LogP contribution in [0.25, 0.3) is 0 Å². The third-order valence-electron chi connectivity index (χ3n) is 5.94. The van der Waals surface area contributed by atoms with Gasteiger partial charge in [0.25, 0.3) is 0 Å². The van der Waals surface area contributed by atoms with Crippen LogP contribution in [0.2, 0.25) is 0 Å². The zero-order valence-corrected chi connectivity index (χ0v) is 21.5. The first kappa shape index (κ1) is 28.5. The van der Waals surface area contributed by atoms with E-state index in [2.05, 4.69) is 71.9 Å². The summed E-state index contributed by atoms with van der Waals surface area (Å²) in [5, 5.41) is 6.91. The summed E-state index contributed by atoms with van der Waals surface area (Å²) in [5.74, 6) is 2.25. The van der Waals surface area contributed by atoms with Gasteiger partial charge in [-0.05, 0) is 43.4 Å². The molecule has 0 amide bonds. The molecule has 174 valence electrons. The number of hydrogen-bond acceptors (Lipinski definition) is 3. The van der Waals surface area contributed by atoms with Gasteiger partial charge in [0, 0.05) is 18.4 Å². The van der Waals surface area contributed by atoms with Crippen molar-refractivity contribution in [1.29, 1.82) is 0 Å². The van der Waals surface area contributed by atoms with Crippen molar-refractivity contribution in [2.24, 2.45) is 22.7 Å². The van der Waals surface area contributed by atoms with E-state index in [1.807, 2.05) is 20.8 Å². The van der Waals surface area contributed by atoms with Crippen LogP contribution in [-0.2, 0) is 4.79 Å². The second-order valence-electron chi connectivity index (χ2n) is 11.3. The van der Waals surface area contributed by atoms with Gasteiger partial charge in [0.15, 0.2) is 0 Å². The van der Waals surface area contributed by atoms with Crippen molar-refractivity contribution in [3.8, 4) is 0 Å². The van der Waals surface area contributed by atoms with E-state index < -0.39 is 0 Å². The highest BCUT2D eigenvalue weighted by Gasteiger charge is 2.29. The molecule has 0 aliphatic heterocycles. The molecular weight excluding hydrogens is 368 g/mol. The van der Waals surface area contributed by atoms with E-state index in [0.29, 0.717) is 24.0 Å². The monoisotopic (exact) mass is 418 g/mol. The van der Waals surface area contributed by atoms with E-state index in [1.165, 1.54) is 17.6 Å². The molecule has 0 aliphatic carbocycles. The molecule has 0 fully saturated rings. The first-order valence-electron chi connectivity index (χ1n) is 11.6. The quantitative estimate of drug-likeness (QED) is 0.235. The fourth-order valence-electron chi connectivity index (χ4n) is 3.56. The van der Waals surface area contributed by atoms with E-state index >= 15 is 0 Å². The Kier molecular flexibility index (Phi) is 11.7. The number of rotatable bonds is 14. The molecule has 0 aromatic heterocycles. The van der Waals surface area contributed by atoms with Gasteiger partial charge in [0.1, 0.15) is 5.78 Å². The predicted octanol–water partition coefficient (Wildman–Crippen LogP) is 7.02. The summed E-state index contributed by atoms with van der Waals surface area (Å²) in [6.07, 6.45) is 4.69. The molecule has 0 saturated heterocycles. The smallest absolute Gasteiger partial charge is 0.138 e. The van der Waals surface area contributed by atoms with Crippen LogP contribution in [0, 0.1) is 22.7 Å². The second-order valence-corrected chi connectivity index (χ2v) is 11.3. The SMILES string of the molecule is C=C(NCCCC(=O)C(C)(C)C)NC(C(=C)CC(C[C@@H](C)CC)C(=C)C)C(C)(C)C. The number of allylic oxidation sites excluding steroid dienone is 1. The van der Waals surface area contributed by atoms with Crippen molar-refractivity contribution in [3.63, 3.8) is 0 Å². The summed E-state index contributed by atoms with van der Waals surface area (Å²) in [4.78, 5) is 12.1. The fourth-order valence-corrected chi connectivity index (χ4v) is 3.56. The van der Waals surface area contributed by atoms with Gasteiger partial charge >= 0.3 is 0 Å². The summed E-state index contributed by atoms with van der Waals surface area (Å²) in [6, 6.07) is 0.118. The molecule has 3 atom stereocenters. The number of hydrogen-bond donors (Lipinski definition) is 2. The molecule has 0 bridgehead atoms. The van der Waals surface area contributed by atoms with Crippen LogP contribution in [-0.4, -0.2) is 18.4 Å². The van der Waals surface area contributed by atoms with Crippen LogP contribution < -0.4 is 10.6 Å². The third-order valence-corrected chi connectivity index (χ3v) is 5.94.